The van der Waals surface area contributed by atoms with Gasteiger partial charge < -0.3 is 20.8 Å². The highest BCUT2D eigenvalue weighted by Gasteiger charge is 2.23. The Morgan fingerprint density at radius 1 is 1.56 bits per heavy atom. The number of nitrogens with two attached hydrogens (primary N) is 1. The van der Waals surface area contributed by atoms with Gasteiger partial charge in [-0.25, -0.2) is 4.68 Å². The van der Waals surface area contributed by atoms with E-state index in [0.29, 0.717) is 11.5 Å². The Morgan fingerprint density at radius 3 is 3.00 bits per heavy atom. The van der Waals surface area contributed by atoms with Gasteiger partial charge in [-0.05, 0) is 0 Å². The van der Waals surface area contributed by atoms with Crippen molar-refractivity contribution in [1.29, 1.82) is 0 Å². The van der Waals surface area contributed by atoms with Crippen LogP contribution in [0, 0.1) is 0 Å². The molecule has 3 heterocycles. The second-order valence-corrected chi connectivity index (χ2v) is 4.13. The Bertz CT molecular complexity index is 570. The quantitative estimate of drug-likeness (QED) is 0.731. The van der Waals surface area contributed by atoms with Crippen molar-refractivity contribution in [2.45, 2.75) is 6.04 Å². The molecule has 0 bridgehead atoms. The van der Waals surface area contributed by atoms with Crippen molar-refractivity contribution in [3.05, 3.63) is 30.4 Å². The minimum absolute atomic E-state index is 0.120. The summed E-state index contributed by atoms with van der Waals surface area (Å²) >= 11 is 0. The molecule has 18 heavy (non-hydrogen) atoms. The molecule has 7 heteroatoms. The number of hydrogen-bond donors (Lipinski definition) is 3. The summed E-state index contributed by atoms with van der Waals surface area (Å²) in [6, 6.07) is 3.57. The van der Waals surface area contributed by atoms with Gasteiger partial charge in [-0.15, -0.1) is 0 Å². The Labute approximate surface area is 103 Å². The number of amides is 1. The number of nitrogens with one attached hydrogen (secondary N) is 2. The third kappa shape index (κ3) is 1.74. The molecule has 2 aromatic heterocycles. The van der Waals surface area contributed by atoms with Gasteiger partial charge in [0, 0.05) is 25.2 Å². The van der Waals surface area contributed by atoms with Crippen molar-refractivity contribution in [3.8, 4) is 0 Å². The summed E-state index contributed by atoms with van der Waals surface area (Å²) in [5.41, 5.74) is 5.94. The van der Waals surface area contributed by atoms with Gasteiger partial charge in [-0.1, -0.05) is 0 Å². The average Bonchev–Trinajstić information content (AvgIpc) is 2.86. The second kappa shape index (κ2) is 4.19. The first-order valence-electron chi connectivity index (χ1n) is 5.64. The van der Waals surface area contributed by atoms with Crippen LogP contribution in [0.15, 0.2) is 29.0 Å². The fraction of sp³-hybridized carbons (Fsp3) is 0.273. The van der Waals surface area contributed by atoms with Crippen LogP contribution in [-0.4, -0.2) is 28.8 Å². The maximum atomic E-state index is 11.9. The molecule has 2 aromatic rings. The molecule has 1 aliphatic rings. The molecule has 94 valence electrons. The number of carbonyl (C=O) groups is 1. The number of aromatic nitrogens is 2. The zero-order valence-corrected chi connectivity index (χ0v) is 9.59. The van der Waals surface area contributed by atoms with Crippen LogP contribution in [0.2, 0.25) is 0 Å². The fourth-order valence-electron chi connectivity index (χ4n) is 1.83. The highest BCUT2D eigenvalue weighted by Crippen LogP contribution is 2.19. The van der Waals surface area contributed by atoms with E-state index in [-0.39, 0.29) is 17.7 Å². The van der Waals surface area contributed by atoms with E-state index in [2.05, 4.69) is 15.7 Å². The number of furan rings is 1. The zero-order valence-electron chi connectivity index (χ0n) is 9.59. The highest BCUT2D eigenvalue weighted by molar-refractivity contribution is 6.05. The van der Waals surface area contributed by atoms with Crippen molar-refractivity contribution >= 4 is 17.4 Å². The molecule has 0 radical (unpaired) electrons. The van der Waals surface area contributed by atoms with Gasteiger partial charge in [0.15, 0.2) is 0 Å². The van der Waals surface area contributed by atoms with Gasteiger partial charge in [-0.3, -0.25) is 4.79 Å². The summed E-state index contributed by atoms with van der Waals surface area (Å²) in [6.45, 7) is 1.71. The highest BCUT2D eigenvalue weighted by atomic mass is 16.3. The molecule has 0 spiro atoms. The molecular weight excluding hydrogens is 234 g/mol. The van der Waals surface area contributed by atoms with Crippen LogP contribution in [0.3, 0.4) is 0 Å². The summed E-state index contributed by atoms with van der Waals surface area (Å²) in [7, 11) is 0. The van der Waals surface area contributed by atoms with Crippen LogP contribution in [-0.2, 0) is 0 Å². The maximum Gasteiger partial charge on any atom is 0.294 e. The Balaban J connectivity index is 1.78. The first-order valence-corrected chi connectivity index (χ1v) is 5.64. The number of rotatable bonds is 3. The summed E-state index contributed by atoms with van der Waals surface area (Å²) in [6.07, 6.45) is 3.04. The van der Waals surface area contributed by atoms with Crippen molar-refractivity contribution in [3.63, 3.8) is 0 Å². The lowest BCUT2D eigenvalue weighted by Gasteiger charge is -2.28. The van der Waals surface area contributed by atoms with E-state index < -0.39 is 0 Å². The average molecular weight is 247 g/mol. The predicted octanol–water partition coefficient (Wildman–Crippen LogP) is 0.455. The van der Waals surface area contributed by atoms with Crippen LogP contribution < -0.4 is 16.4 Å². The van der Waals surface area contributed by atoms with Crippen molar-refractivity contribution < 1.29 is 9.21 Å². The van der Waals surface area contributed by atoms with E-state index in [1.165, 1.54) is 6.26 Å². The topological polar surface area (TPSA) is 98.1 Å². The normalized spacial score (nSPS) is 15.3. The molecule has 0 aliphatic carbocycles. The monoisotopic (exact) mass is 247 g/mol. The Hall–Kier alpha value is -2.28. The van der Waals surface area contributed by atoms with Gasteiger partial charge in [-0.2, -0.15) is 5.10 Å². The summed E-state index contributed by atoms with van der Waals surface area (Å²) in [4.78, 5) is 11.9. The van der Waals surface area contributed by atoms with Gasteiger partial charge in [0.2, 0.25) is 5.76 Å². The molecule has 0 atom stereocenters. The van der Waals surface area contributed by atoms with Gasteiger partial charge in [0.1, 0.15) is 5.82 Å². The van der Waals surface area contributed by atoms with Crippen LogP contribution in [0.5, 0.6) is 0 Å². The molecule has 1 amide bonds. The maximum absolute atomic E-state index is 11.9. The third-order valence-corrected chi connectivity index (χ3v) is 2.92. The molecule has 1 fully saturated rings. The largest absolute Gasteiger partial charge is 0.457 e. The predicted molar refractivity (Wildman–Crippen MR) is 65.2 cm³/mol. The van der Waals surface area contributed by atoms with E-state index in [9.17, 15) is 4.79 Å². The van der Waals surface area contributed by atoms with Gasteiger partial charge in [0.05, 0.1) is 24.2 Å². The smallest absolute Gasteiger partial charge is 0.294 e. The van der Waals surface area contributed by atoms with E-state index in [4.69, 9.17) is 10.2 Å². The van der Waals surface area contributed by atoms with Crippen LogP contribution >= 0.6 is 0 Å². The number of carbonyl (C=O) groups excluding carboxylic acids is 1. The van der Waals surface area contributed by atoms with Crippen molar-refractivity contribution in [2.75, 3.05) is 24.1 Å². The van der Waals surface area contributed by atoms with Crippen LogP contribution in [0.25, 0.3) is 0 Å². The van der Waals surface area contributed by atoms with Crippen molar-refractivity contribution in [1.82, 2.24) is 15.1 Å². The lowest BCUT2D eigenvalue weighted by atomic mass is 10.2. The van der Waals surface area contributed by atoms with Gasteiger partial charge >= 0.3 is 0 Å². The Kier molecular flexibility index (Phi) is 2.52. The summed E-state index contributed by atoms with van der Waals surface area (Å²) < 4.78 is 6.82. The molecule has 4 N–H and O–H groups in total. The zero-order chi connectivity index (χ0) is 12.5. The SMILES string of the molecule is Nc1ccoc1C(=O)Nc1ccnn1C1CNC1. The summed E-state index contributed by atoms with van der Waals surface area (Å²) in [5.74, 6) is 0.392. The van der Waals surface area contributed by atoms with E-state index in [1.807, 2.05) is 0 Å². The fourth-order valence-corrected chi connectivity index (χ4v) is 1.83. The molecule has 0 aromatic carbocycles. The minimum Gasteiger partial charge on any atom is -0.457 e. The Morgan fingerprint density at radius 2 is 2.39 bits per heavy atom. The van der Waals surface area contributed by atoms with E-state index >= 15 is 0 Å². The third-order valence-electron chi connectivity index (χ3n) is 2.92. The lowest BCUT2D eigenvalue weighted by molar-refractivity contribution is 0.0996. The van der Waals surface area contributed by atoms with Gasteiger partial charge in [0.25, 0.3) is 5.91 Å². The number of anilines is 2. The number of nitrogens with zero attached hydrogens (tertiary/aromatic N) is 2. The molecular formula is C11H13N5O2. The number of nitrogen functional groups attached to an aromatic ring is 1. The van der Waals surface area contributed by atoms with E-state index in [0.717, 1.165) is 13.1 Å². The molecule has 0 unspecified atom stereocenters. The van der Waals surface area contributed by atoms with Crippen LogP contribution in [0.4, 0.5) is 11.5 Å². The molecule has 7 nitrogen and oxygen atoms in total. The molecule has 3 rings (SSSR count). The first kappa shape index (κ1) is 10.8. The van der Waals surface area contributed by atoms with Crippen LogP contribution in [0.1, 0.15) is 16.6 Å². The molecule has 1 aliphatic heterocycles. The molecule has 1 saturated heterocycles. The minimum atomic E-state index is -0.369. The molecule has 0 saturated carbocycles. The second-order valence-electron chi connectivity index (χ2n) is 4.13. The van der Waals surface area contributed by atoms with Crippen molar-refractivity contribution in [2.24, 2.45) is 0 Å². The lowest BCUT2D eigenvalue weighted by Crippen LogP contribution is -2.44. The number of hydrogen-bond acceptors (Lipinski definition) is 5. The van der Waals surface area contributed by atoms with E-state index in [1.54, 1.807) is 23.0 Å². The standard InChI is InChI=1S/C11H13N5O2/c12-8-2-4-18-10(8)11(17)15-9-1-3-14-16(9)7-5-13-6-7/h1-4,7,13H,5-6,12H2,(H,15,17). The first-order chi connectivity index (χ1) is 8.75. The summed E-state index contributed by atoms with van der Waals surface area (Å²) in [5, 5.41) is 10.1.